The molecular weight excluding hydrogens is 338 g/mol. The summed E-state index contributed by atoms with van der Waals surface area (Å²) >= 11 is 0. The lowest BCUT2D eigenvalue weighted by atomic mass is 10.1. The van der Waals surface area contributed by atoms with Crippen LogP contribution in [0.4, 0.5) is 5.69 Å². The van der Waals surface area contributed by atoms with Crippen molar-refractivity contribution in [2.75, 3.05) is 16.8 Å². The van der Waals surface area contributed by atoms with Crippen molar-refractivity contribution in [3.05, 3.63) is 59.4 Å². The van der Waals surface area contributed by atoms with Crippen molar-refractivity contribution in [2.24, 2.45) is 0 Å². The van der Waals surface area contributed by atoms with Gasteiger partial charge in [-0.2, -0.15) is 0 Å². The van der Waals surface area contributed by atoms with Gasteiger partial charge in [0.15, 0.2) is 9.84 Å². The van der Waals surface area contributed by atoms with E-state index in [1.165, 1.54) is 11.8 Å². The van der Waals surface area contributed by atoms with Crippen LogP contribution in [-0.4, -0.2) is 36.9 Å². The summed E-state index contributed by atoms with van der Waals surface area (Å²) in [5.41, 5.74) is 3.50. The lowest BCUT2D eigenvalue weighted by Gasteiger charge is -2.12. The van der Waals surface area contributed by atoms with Crippen molar-refractivity contribution < 1.29 is 13.2 Å². The molecule has 1 aromatic heterocycles. The fourth-order valence-electron chi connectivity index (χ4n) is 2.75. The second kappa shape index (κ2) is 7.23. The zero-order chi connectivity index (χ0) is 17.9. The van der Waals surface area contributed by atoms with Crippen LogP contribution in [0.25, 0.3) is 0 Å². The van der Waals surface area contributed by atoms with Crippen LogP contribution in [0, 0.1) is 6.92 Å². The van der Waals surface area contributed by atoms with Gasteiger partial charge in [-0.3, -0.25) is 9.78 Å². The maximum absolute atomic E-state index is 12.3. The molecule has 0 spiro atoms. The van der Waals surface area contributed by atoms with Gasteiger partial charge in [0.1, 0.15) is 0 Å². The Labute approximate surface area is 147 Å². The predicted molar refractivity (Wildman–Crippen MR) is 97.3 cm³/mol. The van der Waals surface area contributed by atoms with E-state index in [9.17, 15) is 13.2 Å². The summed E-state index contributed by atoms with van der Waals surface area (Å²) in [5.74, 6) is -0.153. The van der Waals surface area contributed by atoms with E-state index in [1.54, 1.807) is 12.3 Å². The molecule has 132 valence electrons. The highest BCUT2D eigenvalue weighted by atomic mass is 32.2. The molecule has 1 aliphatic heterocycles. The molecule has 2 N–H and O–H groups in total. The monoisotopic (exact) mass is 359 g/mol. The van der Waals surface area contributed by atoms with Crippen LogP contribution in [0.15, 0.2) is 42.7 Å². The SMILES string of the molecule is Cc1ccc(CNc2cncc(C(=O)NC3CCS(=O)(=O)C3)c2)cc1. The maximum Gasteiger partial charge on any atom is 0.253 e. The number of benzene rings is 1. The lowest BCUT2D eigenvalue weighted by Crippen LogP contribution is -2.35. The molecule has 1 aromatic carbocycles. The molecule has 1 aliphatic rings. The normalized spacial score (nSPS) is 18.7. The summed E-state index contributed by atoms with van der Waals surface area (Å²) in [5, 5.41) is 6.02. The topological polar surface area (TPSA) is 88.2 Å². The average Bonchev–Trinajstić information content (AvgIpc) is 2.93. The molecule has 1 fully saturated rings. The zero-order valence-electron chi connectivity index (χ0n) is 14.0. The number of carbonyl (C=O) groups is 1. The molecule has 1 unspecified atom stereocenters. The Kier molecular flexibility index (Phi) is 5.03. The number of amides is 1. The molecule has 2 aromatic rings. The minimum Gasteiger partial charge on any atom is -0.380 e. The summed E-state index contributed by atoms with van der Waals surface area (Å²) in [6, 6.07) is 9.60. The molecule has 0 aliphatic carbocycles. The molecule has 1 atom stereocenters. The number of rotatable bonds is 5. The van der Waals surface area contributed by atoms with Crippen molar-refractivity contribution >= 4 is 21.4 Å². The number of hydrogen-bond donors (Lipinski definition) is 2. The molecule has 2 heterocycles. The summed E-state index contributed by atoms with van der Waals surface area (Å²) in [7, 11) is -3.02. The number of pyridine rings is 1. The van der Waals surface area contributed by atoms with Crippen molar-refractivity contribution in [1.82, 2.24) is 10.3 Å². The molecular formula is C18H21N3O3S. The van der Waals surface area contributed by atoms with Gasteiger partial charge in [-0.15, -0.1) is 0 Å². The van der Waals surface area contributed by atoms with E-state index in [0.717, 1.165) is 11.3 Å². The van der Waals surface area contributed by atoms with E-state index in [2.05, 4.69) is 27.8 Å². The van der Waals surface area contributed by atoms with Crippen molar-refractivity contribution in [1.29, 1.82) is 0 Å². The van der Waals surface area contributed by atoms with Gasteiger partial charge in [0.25, 0.3) is 5.91 Å². The van der Waals surface area contributed by atoms with Gasteiger partial charge in [0.05, 0.1) is 22.8 Å². The number of nitrogens with zero attached hydrogens (tertiary/aromatic N) is 1. The first-order valence-corrected chi connectivity index (χ1v) is 9.99. The molecule has 0 saturated carbocycles. The predicted octanol–water partition coefficient (Wildman–Crippen LogP) is 1.92. The van der Waals surface area contributed by atoms with E-state index in [1.807, 2.05) is 19.1 Å². The molecule has 1 saturated heterocycles. The number of anilines is 1. The number of sulfone groups is 1. The Morgan fingerprint density at radius 3 is 2.68 bits per heavy atom. The quantitative estimate of drug-likeness (QED) is 0.851. The van der Waals surface area contributed by atoms with Gasteiger partial charge >= 0.3 is 0 Å². The van der Waals surface area contributed by atoms with Gasteiger partial charge < -0.3 is 10.6 Å². The first-order valence-electron chi connectivity index (χ1n) is 8.17. The van der Waals surface area contributed by atoms with E-state index in [0.29, 0.717) is 18.5 Å². The molecule has 0 bridgehead atoms. The Bertz CT molecular complexity index is 863. The number of aryl methyl sites for hydroxylation is 1. The fraction of sp³-hybridized carbons (Fsp3) is 0.333. The highest BCUT2D eigenvalue weighted by molar-refractivity contribution is 7.91. The van der Waals surface area contributed by atoms with Gasteiger partial charge in [0, 0.05) is 25.0 Å². The smallest absolute Gasteiger partial charge is 0.253 e. The standard InChI is InChI=1S/C18H21N3O3S/c1-13-2-4-14(5-3-13)9-20-17-8-15(10-19-11-17)18(22)21-16-6-7-25(23,24)12-16/h2-5,8,10-11,16,20H,6-7,9,12H2,1H3,(H,21,22). The molecule has 7 heteroatoms. The van der Waals surface area contributed by atoms with Crippen LogP contribution in [0.3, 0.4) is 0 Å². The second-order valence-corrected chi connectivity index (χ2v) is 8.60. The summed E-state index contributed by atoms with van der Waals surface area (Å²) in [6.07, 6.45) is 3.60. The Balaban J connectivity index is 1.60. The minimum absolute atomic E-state index is 0.0114. The fourth-order valence-corrected chi connectivity index (χ4v) is 4.42. The van der Waals surface area contributed by atoms with E-state index < -0.39 is 9.84 Å². The highest BCUT2D eigenvalue weighted by Crippen LogP contribution is 2.14. The summed E-state index contributed by atoms with van der Waals surface area (Å²) in [4.78, 5) is 16.4. The van der Waals surface area contributed by atoms with Crippen LogP contribution in [-0.2, 0) is 16.4 Å². The van der Waals surface area contributed by atoms with Gasteiger partial charge in [0.2, 0.25) is 0 Å². The Hall–Kier alpha value is -2.41. The summed E-state index contributed by atoms with van der Waals surface area (Å²) in [6.45, 7) is 2.67. The van der Waals surface area contributed by atoms with Crippen LogP contribution < -0.4 is 10.6 Å². The average molecular weight is 359 g/mol. The van der Waals surface area contributed by atoms with Crippen LogP contribution in [0.5, 0.6) is 0 Å². The van der Waals surface area contributed by atoms with E-state index in [-0.39, 0.29) is 23.5 Å². The van der Waals surface area contributed by atoms with Crippen LogP contribution in [0.2, 0.25) is 0 Å². The van der Waals surface area contributed by atoms with Crippen LogP contribution in [0.1, 0.15) is 27.9 Å². The molecule has 1 amide bonds. The van der Waals surface area contributed by atoms with E-state index in [4.69, 9.17) is 0 Å². The van der Waals surface area contributed by atoms with Crippen LogP contribution >= 0.6 is 0 Å². The van der Waals surface area contributed by atoms with E-state index >= 15 is 0 Å². The first-order chi connectivity index (χ1) is 11.9. The number of carbonyl (C=O) groups excluding carboxylic acids is 1. The number of nitrogens with one attached hydrogen (secondary N) is 2. The third kappa shape index (κ3) is 4.79. The number of aromatic nitrogens is 1. The van der Waals surface area contributed by atoms with Crippen molar-refractivity contribution in [2.45, 2.75) is 25.9 Å². The number of hydrogen-bond acceptors (Lipinski definition) is 5. The van der Waals surface area contributed by atoms with Crippen molar-refractivity contribution in [3.8, 4) is 0 Å². The van der Waals surface area contributed by atoms with Gasteiger partial charge in [-0.25, -0.2) is 8.42 Å². The van der Waals surface area contributed by atoms with Crippen molar-refractivity contribution in [3.63, 3.8) is 0 Å². The second-order valence-electron chi connectivity index (χ2n) is 6.37. The molecule has 0 radical (unpaired) electrons. The van der Waals surface area contributed by atoms with Gasteiger partial charge in [-0.1, -0.05) is 29.8 Å². The lowest BCUT2D eigenvalue weighted by molar-refractivity contribution is 0.0941. The molecule has 6 nitrogen and oxygen atoms in total. The Morgan fingerprint density at radius 1 is 1.24 bits per heavy atom. The Morgan fingerprint density at radius 2 is 2.00 bits per heavy atom. The first kappa shape index (κ1) is 17.4. The summed E-state index contributed by atoms with van der Waals surface area (Å²) < 4.78 is 23.0. The minimum atomic E-state index is -3.02. The highest BCUT2D eigenvalue weighted by Gasteiger charge is 2.29. The molecule has 3 rings (SSSR count). The largest absolute Gasteiger partial charge is 0.380 e. The van der Waals surface area contributed by atoms with Gasteiger partial charge in [-0.05, 0) is 25.0 Å². The molecule has 25 heavy (non-hydrogen) atoms. The zero-order valence-corrected chi connectivity index (χ0v) is 14.8. The third-order valence-corrected chi connectivity index (χ3v) is 5.95. The maximum atomic E-state index is 12.3. The third-order valence-electron chi connectivity index (χ3n) is 4.19.